The van der Waals surface area contributed by atoms with E-state index in [4.69, 9.17) is 10.5 Å². The Morgan fingerprint density at radius 1 is 1.71 bits per heavy atom. The second-order valence-electron chi connectivity index (χ2n) is 2.87. The second-order valence-corrected chi connectivity index (χ2v) is 2.87. The molecule has 0 radical (unpaired) electrons. The Morgan fingerprint density at radius 2 is 2.50 bits per heavy atom. The molecule has 0 amide bonds. The van der Waals surface area contributed by atoms with E-state index in [-0.39, 0.29) is 12.5 Å². The van der Waals surface area contributed by atoms with Gasteiger partial charge in [0.15, 0.2) is 12.4 Å². The maximum Gasteiger partial charge on any atom is 0.329 e. The fourth-order valence-corrected chi connectivity index (χ4v) is 0.878. The van der Waals surface area contributed by atoms with E-state index >= 15 is 0 Å². The van der Waals surface area contributed by atoms with Gasteiger partial charge in [-0.15, -0.1) is 5.10 Å². The standard InChI is InChI=1S/C8H14N4O2/c1-2-3-4-14-8(13)6-12-10-5-7(9)11-12/h5H,2-4,6H2,1H3,(H2,9,11). The van der Waals surface area contributed by atoms with E-state index in [0.29, 0.717) is 12.4 Å². The number of anilines is 1. The molecule has 6 heteroatoms. The summed E-state index contributed by atoms with van der Waals surface area (Å²) in [6.45, 7) is 2.50. The third-order valence-corrected chi connectivity index (χ3v) is 1.59. The van der Waals surface area contributed by atoms with Gasteiger partial charge in [0.2, 0.25) is 0 Å². The van der Waals surface area contributed by atoms with Gasteiger partial charge in [0.25, 0.3) is 0 Å². The normalized spacial score (nSPS) is 10.1. The van der Waals surface area contributed by atoms with E-state index in [1.807, 2.05) is 6.92 Å². The van der Waals surface area contributed by atoms with Gasteiger partial charge in [-0.1, -0.05) is 13.3 Å². The van der Waals surface area contributed by atoms with Crippen molar-refractivity contribution < 1.29 is 9.53 Å². The van der Waals surface area contributed by atoms with Gasteiger partial charge in [-0.3, -0.25) is 0 Å². The maximum absolute atomic E-state index is 11.1. The van der Waals surface area contributed by atoms with E-state index in [1.165, 1.54) is 11.0 Å². The number of nitrogens with two attached hydrogens (primary N) is 1. The first-order valence-corrected chi connectivity index (χ1v) is 4.53. The maximum atomic E-state index is 11.1. The Balaban J connectivity index is 2.27. The molecule has 0 spiro atoms. The van der Waals surface area contributed by atoms with Crippen LogP contribution in [-0.2, 0) is 16.1 Å². The van der Waals surface area contributed by atoms with Crippen molar-refractivity contribution in [3.05, 3.63) is 6.20 Å². The van der Waals surface area contributed by atoms with Crippen LogP contribution in [0.25, 0.3) is 0 Å². The first kappa shape index (κ1) is 10.5. The summed E-state index contributed by atoms with van der Waals surface area (Å²) in [4.78, 5) is 12.3. The SMILES string of the molecule is CCCCOC(=O)Cn1ncc(N)n1. The number of unbranched alkanes of at least 4 members (excludes halogenated alkanes) is 1. The number of hydrogen-bond acceptors (Lipinski definition) is 5. The molecule has 0 saturated carbocycles. The fraction of sp³-hybridized carbons (Fsp3) is 0.625. The molecule has 0 saturated heterocycles. The summed E-state index contributed by atoms with van der Waals surface area (Å²) >= 11 is 0. The van der Waals surface area contributed by atoms with Gasteiger partial charge in [0, 0.05) is 0 Å². The highest BCUT2D eigenvalue weighted by atomic mass is 16.5. The molecule has 0 bridgehead atoms. The highest BCUT2D eigenvalue weighted by molar-refractivity contribution is 5.68. The smallest absolute Gasteiger partial charge is 0.329 e. The van der Waals surface area contributed by atoms with E-state index in [1.54, 1.807) is 0 Å². The van der Waals surface area contributed by atoms with Crippen LogP contribution < -0.4 is 5.73 Å². The van der Waals surface area contributed by atoms with Crippen molar-refractivity contribution in [2.45, 2.75) is 26.3 Å². The highest BCUT2D eigenvalue weighted by Gasteiger charge is 2.05. The molecule has 0 aliphatic rings. The van der Waals surface area contributed by atoms with Gasteiger partial charge in [0.05, 0.1) is 12.8 Å². The van der Waals surface area contributed by atoms with Crippen molar-refractivity contribution in [1.82, 2.24) is 15.0 Å². The molecule has 1 heterocycles. The molecule has 0 unspecified atom stereocenters. The average Bonchev–Trinajstić information content (AvgIpc) is 2.52. The van der Waals surface area contributed by atoms with Crippen molar-refractivity contribution in [2.75, 3.05) is 12.3 Å². The number of carbonyl (C=O) groups is 1. The topological polar surface area (TPSA) is 83.0 Å². The zero-order valence-corrected chi connectivity index (χ0v) is 8.14. The number of hydrogen-bond donors (Lipinski definition) is 1. The third-order valence-electron chi connectivity index (χ3n) is 1.59. The summed E-state index contributed by atoms with van der Waals surface area (Å²) in [5.41, 5.74) is 5.33. The van der Waals surface area contributed by atoms with Crippen LogP contribution in [-0.4, -0.2) is 27.6 Å². The van der Waals surface area contributed by atoms with Gasteiger partial charge in [-0.25, -0.2) is 4.79 Å². The molecule has 1 aromatic rings. The number of ether oxygens (including phenoxy) is 1. The lowest BCUT2D eigenvalue weighted by Gasteiger charge is -2.02. The third kappa shape index (κ3) is 3.42. The fourth-order valence-electron chi connectivity index (χ4n) is 0.878. The lowest BCUT2D eigenvalue weighted by molar-refractivity contribution is -0.144. The number of esters is 1. The quantitative estimate of drug-likeness (QED) is 0.540. The summed E-state index contributed by atoms with van der Waals surface area (Å²) in [6.07, 6.45) is 3.26. The molecule has 14 heavy (non-hydrogen) atoms. The van der Waals surface area contributed by atoms with Crippen LogP contribution in [0, 0.1) is 0 Å². The minimum Gasteiger partial charge on any atom is -0.464 e. The van der Waals surface area contributed by atoms with Gasteiger partial charge >= 0.3 is 5.97 Å². The number of aromatic nitrogens is 3. The summed E-state index contributed by atoms with van der Waals surface area (Å²) in [5, 5.41) is 7.53. The number of rotatable bonds is 5. The van der Waals surface area contributed by atoms with Crippen LogP contribution >= 0.6 is 0 Å². The summed E-state index contributed by atoms with van der Waals surface area (Å²) in [6, 6.07) is 0. The number of nitrogens with zero attached hydrogens (tertiary/aromatic N) is 3. The van der Waals surface area contributed by atoms with Crippen molar-refractivity contribution in [3.63, 3.8) is 0 Å². The molecule has 1 rings (SSSR count). The average molecular weight is 198 g/mol. The Kier molecular flexibility index (Phi) is 3.90. The van der Waals surface area contributed by atoms with E-state index in [2.05, 4.69) is 10.2 Å². The molecule has 2 N–H and O–H groups in total. The molecular weight excluding hydrogens is 184 g/mol. The molecule has 0 aromatic carbocycles. The van der Waals surface area contributed by atoms with E-state index < -0.39 is 0 Å². The van der Waals surface area contributed by atoms with Crippen molar-refractivity contribution in [3.8, 4) is 0 Å². The van der Waals surface area contributed by atoms with Gasteiger partial charge in [-0.05, 0) is 6.42 Å². The molecule has 78 valence electrons. The Bertz CT molecular complexity index is 297. The van der Waals surface area contributed by atoms with Crippen molar-refractivity contribution in [2.24, 2.45) is 0 Å². The Hall–Kier alpha value is -1.59. The van der Waals surface area contributed by atoms with Crippen molar-refractivity contribution in [1.29, 1.82) is 0 Å². The number of carbonyl (C=O) groups excluding carboxylic acids is 1. The van der Waals surface area contributed by atoms with E-state index in [9.17, 15) is 4.79 Å². The molecule has 6 nitrogen and oxygen atoms in total. The molecule has 0 fully saturated rings. The van der Waals surface area contributed by atoms with Gasteiger partial charge in [-0.2, -0.15) is 9.90 Å². The first-order valence-electron chi connectivity index (χ1n) is 4.53. The predicted molar refractivity (Wildman–Crippen MR) is 50.3 cm³/mol. The van der Waals surface area contributed by atoms with Crippen LogP contribution in [0.5, 0.6) is 0 Å². The van der Waals surface area contributed by atoms with Gasteiger partial charge < -0.3 is 10.5 Å². The minimum atomic E-state index is -0.339. The molecular formula is C8H14N4O2. The number of nitrogen functional groups attached to an aromatic ring is 1. The highest BCUT2D eigenvalue weighted by Crippen LogP contribution is 1.93. The van der Waals surface area contributed by atoms with E-state index in [0.717, 1.165) is 12.8 Å². The summed E-state index contributed by atoms with van der Waals surface area (Å²) in [7, 11) is 0. The Labute approximate surface area is 82.0 Å². The molecule has 0 aliphatic carbocycles. The van der Waals surface area contributed by atoms with Crippen LogP contribution in [0.15, 0.2) is 6.20 Å². The van der Waals surface area contributed by atoms with Crippen LogP contribution in [0.2, 0.25) is 0 Å². The van der Waals surface area contributed by atoms with Gasteiger partial charge in [0.1, 0.15) is 0 Å². The lowest BCUT2D eigenvalue weighted by atomic mass is 10.4. The minimum absolute atomic E-state index is 0.0148. The summed E-state index contributed by atoms with van der Waals surface area (Å²) < 4.78 is 4.92. The molecule has 1 aromatic heterocycles. The second kappa shape index (κ2) is 5.21. The Morgan fingerprint density at radius 3 is 3.07 bits per heavy atom. The van der Waals surface area contributed by atoms with Crippen molar-refractivity contribution >= 4 is 11.8 Å². The van der Waals surface area contributed by atoms with Crippen LogP contribution in [0.3, 0.4) is 0 Å². The summed E-state index contributed by atoms with van der Waals surface area (Å²) in [5.74, 6) is -0.0413. The molecule has 0 aliphatic heterocycles. The molecule has 0 atom stereocenters. The van der Waals surface area contributed by atoms with Crippen LogP contribution in [0.4, 0.5) is 5.82 Å². The first-order chi connectivity index (χ1) is 6.72. The van der Waals surface area contributed by atoms with Crippen LogP contribution in [0.1, 0.15) is 19.8 Å². The monoisotopic (exact) mass is 198 g/mol. The lowest BCUT2D eigenvalue weighted by Crippen LogP contribution is -2.16. The zero-order chi connectivity index (χ0) is 10.4. The largest absolute Gasteiger partial charge is 0.464 e. The predicted octanol–water partition coefficient (Wildman–Crippen LogP) is 0.204. The zero-order valence-electron chi connectivity index (χ0n) is 8.14.